The lowest BCUT2D eigenvalue weighted by Crippen LogP contribution is -2.15. The second-order valence-electron chi connectivity index (χ2n) is 6.02. The molecule has 2 amide bonds. The van der Waals surface area contributed by atoms with Crippen LogP contribution in [0.1, 0.15) is 12.5 Å². The highest BCUT2D eigenvalue weighted by atomic mass is 32.2. The first-order chi connectivity index (χ1) is 13.0. The number of rotatable bonds is 6. The third-order valence-electron chi connectivity index (χ3n) is 3.69. The summed E-state index contributed by atoms with van der Waals surface area (Å²) in [5.41, 5.74) is 3.45. The molecule has 0 radical (unpaired) electrons. The summed E-state index contributed by atoms with van der Waals surface area (Å²) in [5, 5.41) is 6.28. The Morgan fingerprint density at radius 1 is 1.07 bits per heavy atom. The number of carbonyl (C=O) groups is 2. The molecule has 3 rings (SSSR count). The number of aromatic nitrogens is 2. The van der Waals surface area contributed by atoms with Crippen LogP contribution < -0.4 is 10.6 Å². The number of nitrogens with zero attached hydrogens (tertiary/aromatic N) is 2. The monoisotopic (exact) mass is 380 g/mol. The van der Waals surface area contributed by atoms with Gasteiger partial charge in [-0.15, -0.1) is 0 Å². The standard InChI is InChI=1S/C20H20N4O2S/c1-14-5-3-8-18(11-14)24-10-9-21-20(24)27-13-19(26)23-17-7-4-6-16(12-17)22-15(2)25/h3-12H,13H2,1-2H3,(H,22,25)(H,23,26). The summed E-state index contributed by atoms with van der Waals surface area (Å²) < 4.78 is 1.96. The van der Waals surface area contributed by atoms with Gasteiger partial charge >= 0.3 is 0 Å². The number of imidazole rings is 1. The van der Waals surface area contributed by atoms with Crippen molar-refractivity contribution >= 4 is 35.0 Å². The van der Waals surface area contributed by atoms with Gasteiger partial charge in [0.2, 0.25) is 11.8 Å². The minimum absolute atomic E-state index is 0.140. The summed E-state index contributed by atoms with van der Waals surface area (Å²) in [6, 6.07) is 15.2. The van der Waals surface area contributed by atoms with Crippen molar-refractivity contribution in [3.8, 4) is 5.69 Å². The maximum atomic E-state index is 12.3. The number of anilines is 2. The van der Waals surface area contributed by atoms with Gasteiger partial charge in [0.1, 0.15) is 0 Å². The number of aryl methyl sites for hydroxylation is 1. The molecule has 0 atom stereocenters. The van der Waals surface area contributed by atoms with Crippen molar-refractivity contribution in [2.45, 2.75) is 19.0 Å². The van der Waals surface area contributed by atoms with E-state index < -0.39 is 0 Å². The number of nitrogens with one attached hydrogen (secondary N) is 2. The molecule has 7 heteroatoms. The summed E-state index contributed by atoms with van der Waals surface area (Å²) >= 11 is 1.37. The molecule has 0 saturated heterocycles. The molecule has 0 saturated carbocycles. The molecule has 0 unspecified atom stereocenters. The molecule has 0 spiro atoms. The fourth-order valence-electron chi connectivity index (χ4n) is 2.58. The highest BCUT2D eigenvalue weighted by molar-refractivity contribution is 7.99. The van der Waals surface area contributed by atoms with Gasteiger partial charge in [-0.05, 0) is 42.8 Å². The van der Waals surface area contributed by atoms with E-state index in [1.54, 1.807) is 30.5 Å². The van der Waals surface area contributed by atoms with Crippen molar-refractivity contribution in [1.29, 1.82) is 0 Å². The number of hydrogen-bond donors (Lipinski definition) is 2. The minimum atomic E-state index is -0.156. The summed E-state index contributed by atoms with van der Waals surface area (Å²) in [6.07, 6.45) is 3.60. The van der Waals surface area contributed by atoms with E-state index in [0.717, 1.165) is 16.4 Å². The first kappa shape index (κ1) is 18.7. The highest BCUT2D eigenvalue weighted by Crippen LogP contribution is 2.22. The van der Waals surface area contributed by atoms with Crippen LogP contribution >= 0.6 is 11.8 Å². The first-order valence-corrected chi connectivity index (χ1v) is 9.40. The zero-order valence-corrected chi connectivity index (χ0v) is 15.9. The Labute approximate surface area is 162 Å². The lowest BCUT2D eigenvalue weighted by molar-refractivity contribution is -0.114. The number of amides is 2. The average molecular weight is 380 g/mol. The molecule has 2 aromatic carbocycles. The zero-order valence-electron chi connectivity index (χ0n) is 15.1. The van der Waals surface area contributed by atoms with Gasteiger partial charge in [0.25, 0.3) is 0 Å². The van der Waals surface area contributed by atoms with Crippen LogP contribution in [0.4, 0.5) is 11.4 Å². The van der Waals surface area contributed by atoms with E-state index >= 15 is 0 Å². The Morgan fingerprint density at radius 3 is 2.56 bits per heavy atom. The molecule has 1 heterocycles. The van der Waals surface area contributed by atoms with Gasteiger partial charge < -0.3 is 10.6 Å². The van der Waals surface area contributed by atoms with Gasteiger partial charge in [-0.25, -0.2) is 4.98 Å². The van der Waals surface area contributed by atoms with E-state index in [9.17, 15) is 9.59 Å². The maximum absolute atomic E-state index is 12.3. The van der Waals surface area contributed by atoms with Crippen molar-refractivity contribution in [2.75, 3.05) is 16.4 Å². The third kappa shape index (κ3) is 5.21. The predicted octanol–water partition coefficient (Wildman–Crippen LogP) is 3.87. The maximum Gasteiger partial charge on any atom is 0.234 e. The molecular formula is C20H20N4O2S. The van der Waals surface area contributed by atoms with Gasteiger partial charge in [-0.1, -0.05) is 30.0 Å². The zero-order chi connectivity index (χ0) is 19.2. The molecule has 0 aliphatic rings. The molecule has 0 fully saturated rings. The molecule has 0 aliphatic heterocycles. The normalized spacial score (nSPS) is 10.4. The summed E-state index contributed by atoms with van der Waals surface area (Å²) in [6.45, 7) is 3.48. The third-order valence-corrected chi connectivity index (χ3v) is 4.65. The Morgan fingerprint density at radius 2 is 1.81 bits per heavy atom. The lowest BCUT2D eigenvalue weighted by Gasteiger charge is -2.09. The van der Waals surface area contributed by atoms with Crippen LogP contribution in [0.25, 0.3) is 5.69 Å². The second kappa shape index (κ2) is 8.55. The van der Waals surface area contributed by atoms with Crippen molar-refractivity contribution in [2.24, 2.45) is 0 Å². The molecule has 1 aromatic heterocycles. The minimum Gasteiger partial charge on any atom is -0.326 e. The van der Waals surface area contributed by atoms with Gasteiger partial charge in [0.05, 0.1) is 5.75 Å². The van der Waals surface area contributed by atoms with Crippen molar-refractivity contribution in [1.82, 2.24) is 9.55 Å². The highest BCUT2D eigenvalue weighted by Gasteiger charge is 2.10. The topological polar surface area (TPSA) is 76.0 Å². The number of carbonyl (C=O) groups excluding carboxylic acids is 2. The van der Waals surface area contributed by atoms with Crippen LogP contribution in [0.5, 0.6) is 0 Å². The van der Waals surface area contributed by atoms with Crippen molar-refractivity contribution in [3.63, 3.8) is 0 Å². The van der Waals surface area contributed by atoms with Crippen molar-refractivity contribution in [3.05, 3.63) is 66.5 Å². The molecule has 138 valence electrons. The van der Waals surface area contributed by atoms with E-state index in [1.807, 2.05) is 35.9 Å². The largest absolute Gasteiger partial charge is 0.326 e. The van der Waals surface area contributed by atoms with E-state index in [0.29, 0.717) is 11.4 Å². The Hall–Kier alpha value is -3.06. The van der Waals surface area contributed by atoms with E-state index in [-0.39, 0.29) is 17.6 Å². The molecule has 3 aromatic rings. The Bertz CT molecular complexity index is 968. The first-order valence-electron chi connectivity index (χ1n) is 8.42. The number of benzene rings is 2. The van der Waals surface area contributed by atoms with Crippen LogP contribution in [0.2, 0.25) is 0 Å². The summed E-state index contributed by atoms with van der Waals surface area (Å²) in [4.78, 5) is 27.8. The summed E-state index contributed by atoms with van der Waals surface area (Å²) in [7, 11) is 0. The van der Waals surface area contributed by atoms with E-state index in [2.05, 4.69) is 21.7 Å². The second-order valence-corrected chi connectivity index (χ2v) is 6.96. The van der Waals surface area contributed by atoms with Crippen LogP contribution in [0, 0.1) is 6.92 Å². The molecule has 6 nitrogen and oxygen atoms in total. The van der Waals surface area contributed by atoms with Crippen molar-refractivity contribution < 1.29 is 9.59 Å². The molecule has 2 N–H and O–H groups in total. The molecular weight excluding hydrogens is 360 g/mol. The quantitative estimate of drug-likeness (QED) is 0.637. The fraction of sp³-hybridized carbons (Fsp3) is 0.150. The number of hydrogen-bond acceptors (Lipinski definition) is 4. The van der Waals surface area contributed by atoms with Crippen LogP contribution in [0.15, 0.2) is 66.1 Å². The predicted molar refractivity (Wildman–Crippen MR) is 108 cm³/mol. The number of thioether (sulfide) groups is 1. The molecule has 0 bridgehead atoms. The fourth-order valence-corrected chi connectivity index (χ4v) is 3.35. The van der Waals surface area contributed by atoms with Gasteiger partial charge in [0, 0.05) is 36.4 Å². The van der Waals surface area contributed by atoms with E-state index in [1.165, 1.54) is 18.7 Å². The Balaban J connectivity index is 1.62. The van der Waals surface area contributed by atoms with Crippen LogP contribution in [0.3, 0.4) is 0 Å². The smallest absolute Gasteiger partial charge is 0.234 e. The molecule has 0 aliphatic carbocycles. The van der Waals surface area contributed by atoms with Crippen LogP contribution in [-0.4, -0.2) is 27.1 Å². The Kier molecular flexibility index (Phi) is 5.93. The lowest BCUT2D eigenvalue weighted by atomic mass is 10.2. The van der Waals surface area contributed by atoms with E-state index in [4.69, 9.17) is 0 Å². The van der Waals surface area contributed by atoms with Gasteiger partial charge in [-0.3, -0.25) is 14.2 Å². The SMILES string of the molecule is CC(=O)Nc1cccc(NC(=O)CSc2nccn2-c2cccc(C)c2)c1. The summed E-state index contributed by atoms with van der Waals surface area (Å²) in [5.74, 6) is -0.0662. The van der Waals surface area contributed by atoms with Crippen LogP contribution in [-0.2, 0) is 9.59 Å². The van der Waals surface area contributed by atoms with Gasteiger partial charge in [-0.2, -0.15) is 0 Å². The van der Waals surface area contributed by atoms with Gasteiger partial charge in [0.15, 0.2) is 5.16 Å². The molecule has 27 heavy (non-hydrogen) atoms. The average Bonchev–Trinajstić information content (AvgIpc) is 3.08.